The highest BCUT2D eigenvalue weighted by atomic mass is 16.4. The minimum absolute atomic E-state index is 0.194. The number of fused-ring (bicyclic) bond motifs is 2. The number of aromatic carboxylic acids is 1. The van der Waals surface area contributed by atoms with Crippen molar-refractivity contribution in [2.75, 3.05) is 0 Å². The van der Waals surface area contributed by atoms with Crippen LogP contribution in [0.3, 0.4) is 0 Å². The van der Waals surface area contributed by atoms with Crippen LogP contribution in [-0.2, 0) is 12.1 Å². The normalized spacial score (nSPS) is 13.8. The molecule has 7 nitrogen and oxygen atoms in total. The Bertz CT molecular complexity index is 1940. The van der Waals surface area contributed by atoms with Crippen LogP contribution < -0.4 is 5.32 Å². The van der Waals surface area contributed by atoms with Crippen LogP contribution in [0.25, 0.3) is 32.9 Å². The van der Waals surface area contributed by atoms with E-state index >= 15 is 0 Å². The molecule has 1 saturated carbocycles. The molecule has 2 N–H and O–H groups in total. The van der Waals surface area contributed by atoms with Crippen molar-refractivity contribution in [3.63, 3.8) is 0 Å². The summed E-state index contributed by atoms with van der Waals surface area (Å²) in [5.41, 5.74) is 5.59. The molecule has 41 heavy (non-hydrogen) atoms. The molecule has 1 amide bonds. The van der Waals surface area contributed by atoms with Crippen LogP contribution in [0.1, 0.15) is 44.8 Å². The summed E-state index contributed by atoms with van der Waals surface area (Å²) in [7, 11) is 0. The molecular formula is C34H26N4O3. The summed E-state index contributed by atoms with van der Waals surface area (Å²) in [5.74, 6) is -1.17. The number of nitrogens with one attached hydrogen (secondary N) is 1. The third-order valence-corrected chi connectivity index (χ3v) is 7.84. The van der Waals surface area contributed by atoms with Crippen molar-refractivity contribution in [3.8, 4) is 11.1 Å². The van der Waals surface area contributed by atoms with Crippen molar-refractivity contribution < 1.29 is 14.7 Å². The number of nitrogens with zero attached hydrogens (tertiary/aromatic N) is 3. The van der Waals surface area contributed by atoms with Gasteiger partial charge in [0.15, 0.2) is 0 Å². The average molecular weight is 539 g/mol. The predicted octanol–water partition coefficient (Wildman–Crippen LogP) is 6.42. The second-order valence-electron chi connectivity index (χ2n) is 10.5. The van der Waals surface area contributed by atoms with Crippen molar-refractivity contribution in [3.05, 3.63) is 132 Å². The summed E-state index contributed by atoms with van der Waals surface area (Å²) in [4.78, 5) is 30.2. The van der Waals surface area contributed by atoms with Gasteiger partial charge in [0.25, 0.3) is 5.91 Å². The number of hydrogen-bond acceptors (Lipinski definition) is 4. The molecule has 0 atom stereocenters. The number of aromatic nitrogens is 3. The maximum absolute atomic E-state index is 14.1. The van der Waals surface area contributed by atoms with Crippen molar-refractivity contribution in [1.29, 1.82) is 0 Å². The van der Waals surface area contributed by atoms with Crippen molar-refractivity contribution in [2.45, 2.75) is 24.9 Å². The van der Waals surface area contributed by atoms with Crippen LogP contribution in [-0.4, -0.2) is 31.7 Å². The monoisotopic (exact) mass is 538 g/mol. The number of para-hydroxylation sites is 1. The van der Waals surface area contributed by atoms with Gasteiger partial charge in [0, 0.05) is 10.8 Å². The third-order valence-electron chi connectivity index (χ3n) is 7.84. The number of rotatable bonds is 7. The number of pyridine rings is 1. The van der Waals surface area contributed by atoms with Crippen LogP contribution in [0.5, 0.6) is 0 Å². The highest BCUT2D eigenvalue weighted by molar-refractivity contribution is 6.08. The Morgan fingerprint density at radius 2 is 1.59 bits per heavy atom. The lowest BCUT2D eigenvalue weighted by Gasteiger charge is -2.19. The molecule has 6 aromatic rings. The molecule has 0 radical (unpaired) electrons. The van der Waals surface area contributed by atoms with Gasteiger partial charge in [-0.05, 0) is 65.9 Å². The summed E-state index contributed by atoms with van der Waals surface area (Å²) >= 11 is 0. The molecule has 4 aromatic carbocycles. The van der Waals surface area contributed by atoms with Gasteiger partial charge < -0.3 is 10.4 Å². The molecule has 0 saturated heterocycles. The van der Waals surface area contributed by atoms with E-state index in [9.17, 15) is 14.7 Å². The van der Waals surface area contributed by atoms with Gasteiger partial charge in [0.2, 0.25) is 0 Å². The van der Waals surface area contributed by atoms with E-state index < -0.39 is 11.5 Å². The number of benzene rings is 4. The first-order chi connectivity index (χ1) is 20.0. The molecule has 0 bridgehead atoms. The van der Waals surface area contributed by atoms with Gasteiger partial charge in [-0.3, -0.25) is 14.5 Å². The van der Waals surface area contributed by atoms with Crippen LogP contribution in [0, 0.1) is 0 Å². The highest BCUT2D eigenvalue weighted by Gasteiger charge is 2.46. The number of amides is 1. The van der Waals surface area contributed by atoms with E-state index in [1.165, 1.54) is 0 Å². The zero-order valence-electron chi connectivity index (χ0n) is 22.1. The topological polar surface area (TPSA) is 97.1 Å². The number of carbonyl (C=O) groups is 2. The lowest BCUT2D eigenvalue weighted by Crippen LogP contribution is -2.35. The Hall–Kier alpha value is -5.30. The first-order valence-corrected chi connectivity index (χ1v) is 13.6. The van der Waals surface area contributed by atoms with Crippen LogP contribution >= 0.6 is 0 Å². The van der Waals surface area contributed by atoms with Crippen LogP contribution in [0.4, 0.5) is 0 Å². The summed E-state index contributed by atoms with van der Waals surface area (Å²) in [5, 5.41) is 19.2. The minimum atomic E-state index is -0.972. The summed E-state index contributed by atoms with van der Waals surface area (Å²) in [6.07, 6.45) is 3.37. The Labute approximate surface area is 236 Å². The molecule has 0 unspecified atom stereocenters. The smallest absolute Gasteiger partial charge is 0.335 e. The molecule has 2 aromatic heterocycles. The predicted molar refractivity (Wildman–Crippen MR) is 158 cm³/mol. The molecular weight excluding hydrogens is 512 g/mol. The van der Waals surface area contributed by atoms with E-state index in [0.717, 1.165) is 57.0 Å². The van der Waals surface area contributed by atoms with E-state index in [-0.39, 0.29) is 11.5 Å². The molecule has 200 valence electrons. The number of carboxylic acid groups (broad SMARTS) is 1. The van der Waals surface area contributed by atoms with Crippen LogP contribution in [0.15, 0.2) is 109 Å². The maximum atomic E-state index is 14.1. The molecule has 7 rings (SSSR count). The van der Waals surface area contributed by atoms with Gasteiger partial charge in [0.05, 0.1) is 46.1 Å². The van der Waals surface area contributed by atoms with Crippen molar-refractivity contribution >= 4 is 33.7 Å². The Kier molecular flexibility index (Phi) is 5.86. The summed E-state index contributed by atoms with van der Waals surface area (Å²) in [6.45, 7) is 0.418. The standard InChI is InChI=1S/C34H26N4O3/c39-32(37-34(16-17-34)27-13-10-24(11-14-27)33(40)41)29-19-25(22-6-2-1-3-7-22)18-26-20-35-38(31(26)29)21-28-15-12-23-8-4-5-9-30(23)36-28/h1-15,18-20H,16-17,21H2,(H,37,39)(H,40,41). The minimum Gasteiger partial charge on any atom is -0.478 e. The van der Waals surface area contributed by atoms with Gasteiger partial charge in [-0.2, -0.15) is 5.10 Å². The number of carboxylic acids is 1. The molecule has 1 fully saturated rings. The van der Waals surface area contributed by atoms with Crippen molar-refractivity contribution in [1.82, 2.24) is 20.1 Å². The Morgan fingerprint density at radius 3 is 2.34 bits per heavy atom. The van der Waals surface area contributed by atoms with Gasteiger partial charge in [-0.25, -0.2) is 4.79 Å². The lowest BCUT2D eigenvalue weighted by atomic mass is 9.98. The fourth-order valence-electron chi connectivity index (χ4n) is 5.50. The second-order valence-corrected chi connectivity index (χ2v) is 10.5. The van der Waals surface area contributed by atoms with E-state index in [4.69, 9.17) is 4.98 Å². The third kappa shape index (κ3) is 4.61. The SMILES string of the molecule is O=C(O)c1ccc(C2(NC(=O)c3cc(-c4ccccc4)cc4cnn(Cc5ccc6ccccc6n5)c34)CC2)cc1. The molecule has 0 aliphatic heterocycles. The summed E-state index contributed by atoms with van der Waals surface area (Å²) in [6, 6.07) is 32.8. The van der Waals surface area contributed by atoms with Gasteiger partial charge in [-0.15, -0.1) is 0 Å². The largest absolute Gasteiger partial charge is 0.478 e. The highest BCUT2D eigenvalue weighted by Crippen LogP contribution is 2.46. The maximum Gasteiger partial charge on any atom is 0.335 e. The van der Waals surface area contributed by atoms with Crippen LogP contribution in [0.2, 0.25) is 0 Å². The first kappa shape index (κ1) is 24.7. The van der Waals surface area contributed by atoms with E-state index in [2.05, 4.69) is 22.5 Å². The first-order valence-electron chi connectivity index (χ1n) is 13.6. The fourth-order valence-corrected chi connectivity index (χ4v) is 5.50. The van der Waals surface area contributed by atoms with Gasteiger partial charge in [0.1, 0.15) is 0 Å². The van der Waals surface area contributed by atoms with E-state index in [1.807, 2.05) is 71.4 Å². The molecule has 2 heterocycles. The molecule has 7 heteroatoms. The average Bonchev–Trinajstić information content (AvgIpc) is 3.68. The lowest BCUT2D eigenvalue weighted by molar-refractivity contribution is 0.0696. The van der Waals surface area contributed by atoms with Gasteiger partial charge >= 0.3 is 5.97 Å². The van der Waals surface area contributed by atoms with E-state index in [1.54, 1.807) is 30.5 Å². The summed E-state index contributed by atoms with van der Waals surface area (Å²) < 4.78 is 1.84. The Balaban J connectivity index is 1.29. The number of carbonyl (C=O) groups excluding carboxylic acids is 1. The zero-order valence-corrected chi connectivity index (χ0v) is 22.1. The molecule has 1 aliphatic carbocycles. The Morgan fingerprint density at radius 1 is 0.829 bits per heavy atom. The quantitative estimate of drug-likeness (QED) is 0.245. The zero-order chi connectivity index (χ0) is 28.0. The fraction of sp³-hybridized carbons (Fsp3) is 0.118. The number of hydrogen-bond donors (Lipinski definition) is 2. The van der Waals surface area contributed by atoms with E-state index in [0.29, 0.717) is 12.1 Å². The molecule has 1 aliphatic rings. The second kappa shape index (κ2) is 9.71. The molecule has 0 spiro atoms. The van der Waals surface area contributed by atoms with Crippen molar-refractivity contribution in [2.24, 2.45) is 0 Å². The van der Waals surface area contributed by atoms with Gasteiger partial charge in [-0.1, -0.05) is 66.7 Å².